The Bertz CT molecular complexity index is 305. The Kier molecular flexibility index (Phi) is 5.38. The summed E-state index contributed by atoms with van der Waals surface area (Å²) in [7, 11) is 0. The zero-order valence-electron chi connectivity index (χ0n) is 10.4. The molecule has 1 aromatic heterocycles. The Labute approximate surface area is 107 Å². The van der Waals surface area contributed by atoms with Crippen molar-refractivity contribution in [2.24, 2.45) is 0 Å². The smallest absolute Gasteiger partial charge is 0.0794 e. The lowest BCUT2D eigenvalue weighted by molar-refractivity contribution is -0.0104. The maximum Gasteiger partial charge on any atom is 0.0794 e. The highest BCUT2D eigenvalue weighted by Crippen LogP contribution is 2.14. The number of nitrogens with one attached hydrogen (secondary N) is 1. The van der Waals surface area contributed by atoms with Crippen molar-refractivity contribution in [3.05, 3.63) is 16.6 Å². The molecule has 2 rings (SSSR count). The van der Waals surface area contributed by atoms with E-state index in [2.05, 4.69) is 22.1 Å². The molecule has 1 aromatic rings. The van der Waals surface area contributed by atoms with Crippen molar-refractivity contribution in [2.45, 2.75) is 25.9 Å². The van der Waals surface area contributed by atoms with Crippen molar-refractivity contribution in [1.82, 2.24) is 15.2 Å². The number of morpholine rings is 1. The van der Waals surface area contributed by atoms with E-state index >= 15 is 0 Å². The molecule has 1 aliphatic heterocycles. The van der Waals surface area contributed by atoms with Crippen molar-refractivity contribution in [1.29, 1.82) is 0 Å². The number of hydrogen-bond donors (Lipinski definition) is 1. The fourth-order valence-corrected chi connectivity index (χ4v) is 2.67. The highest BCUT2D eigenvalue weighted by Gasteiger charge is 2.22. The summed E-state index contributed by atoms with van der Waals surface area (Å²) in [5.41, 5.74) is 1.90. The predicted octanol–water partition coefficient (Wildman–Crippen LogP) is 1.34. The molecule has 2 heterocycles. The van der Waals surface area contributed by atoms with E-state index in [4.69, 9.17) is 4.74 Å². The first-order chi connectivity index (χ1) is 8.40. The van der Waals surface area contributed by atoms with Gasteiger partial charge < -0.3 is 10.1 Å². The van der Waals surface area contributed by atoms with Crippen LogP contribution in [0.25, 0.3) is 0 Å². The predicted molar refractivity (Wildman–Crippen MR) is 70.3 cm³/mol. The molecule has 5 heteroatoms. The number of aromatic nitrogens is 1. The summed E-state index contributed by atoms with van der Waals surface area (Å²) in [6.45, 7) is 8.03. The van der Waals surface area contributed by atoms with Crippen LogP contribution in [0.4, 0.5) is 0 Å². The van der Waals surface area contributed by atoms with Gasteiger partial charge in [0.2, 0.25) is 0 Å². The fraction of sp³-hybridized carbons (Fsp3) is 0.750. The van der Waals surface area contributed by atoms with Gasteiger partial charge in [-0.25, -0.2) is 0 Å². The van der Waals surface area contributed by atoms with Gasteiger partial charge in [0.1, 0.15) is 0 Å². The van der Waals surface area contributed by atoms with Crippen LogP contribution in [0.5, 0.6) is 0 Å². The molecule has 1 fully saturated rings. The van der Waals surface area contributed by atoms with E-state index in [1.54, 1.807) is 11.3 Å². The molecule has 96 valence electrons. The van der Waals surface area contributed by atoms with Crippen LogP contribution in [-0.4, -0.2) is 48.8 Å². The molecule has 0 bridgehead atoms. The van der Waals surface area contributed by atoms with E-state index < -0.39 is 0 Å². The zero-order valence-corrected chi connectivity index (χ0v) is 11.2. The average Bonchev–Trinajstić information content (AvgIpc) is 2.84. The van der Waals surface area contributed by atoms with E-state index in [0.717, 1.165) is 39.4 Å². The third-order valence-electron chi connectivity index (χ3n) is 3.00. The molecule has 1 saturated heterocycles. The van der Waals surface area contributed by atoms with Crippen LogP contribution in [0, 0.1) is 0 Å². The Balaban J connectivity index is 1.83. The number of rotatable bonds is 6. The minimum Gasteiger partial charge on any atom is -0.378 e. The van der Waals surface area contributed by atoms with Crippen molar-refractivity contribution in [3.8, 4) is 0 Å². The van der Waals surface area contributed by atoms with Crippen molar-refractivity contribution < 1.29 is 4.74 Å². The Morgan fingerprint density at radius 3 is 3.35 bits per heavy atom. The number of hydrogen-bond acceptors (Lipinski definition) is 5. The van der Waals surface area contributed by atoms with Gasteiger partial charge >= 0.3 is 0 Å². The van der Waals surface area contributed by atoms with E-state index in [1.807, 2.05) is 11.7 Å². The van der Waals surface area contributed by atoms with Gasteiger partial charge in [-0.1, -0.05) is 6.92 Å². The van der Waals surface area contributed by atoms with Crippen LogP contribution in [0.3, 0.4) is 0 Å². The van der Waals surface area contributed by atoms with Gasteiger partial charge in [-0.15, -0.1) is 11.3 Å². The minimum absolute atomic E-state index is 0.498. The van der Waals surface area contributed by atoms with Gasteiger partial charge in [0.25, 0.3) is 0 Å². The van der Waals surface area contributed by atoms with Gasteiger partial charge in [-0.2, -0.15) is 0 Å². The molecule has 0 aliphatic carbocycles. The Morgan fingerprint density at radius 2 is 2.59 bits per heavy atom. The van der Waals surface area contributed by atoms with E-state index in [0.29, 0.717) is 6.04 Å². The summed E-state index contributed by atoms with van der Waals surface area (Å²) < 4.78 is 5.57. The molecule has 0 saturated carbocycles. The number of ether oxygens (including phenoxy) is 1. The van der Waals surface area contributed by atoms with E-state index in [1.165, 1.54) is 11.3 Å². The molecule has 0 radical (unpaired) electrons. The van der Waals surface area contributed by atoms with Gasteiger partial charge in [0, 0.05) is 36.8 Å². The average molecular weight is 255 g/mol. The standard InChI is InChI=1S/C12H21N3OS/c1-2-3-13-6-11-9-16-5-4-15(11)8-12-7-14-10-17-12/h7,10-11,13H,2-6,8-9H2,1H3. The number of thiazole rings is 1. The van der Waals surface area contributed by atoms with Crippen LogP contribution in [0.2, 0.25) is 0 Å². The van der Waals surface area contributed by atoms with Crippen molar-refractivity contribution in [2.75, 3.05) is 32.8 Å². The van der Waals surface area contributed by atoms with Crippen LogP contribution >= 0.6 is 11.3 Å². The largest absolute Gasteiger partial charge is 0.378 e. The summed E-state index contributed by atoms with van der Waals surface area (Å²) in [5, 5.41) is 3.48. The lowest BCUT2D eigenvalue weighted by atomic mass is 10.2. The highest BCUT2D eigenvalue weighted by molar-refractivity contribution is 7.09. The van der Waals surface area contributed by atoms with Gasteiger partial charge in [0.05, 0.1) is 18.7 Å². The monoisotopic (exact) mass is 255 g/mol. The molecule has 0 amide bonds. The first-order valence-corrected chi connectivity index (χ1v) is 7.18. The molecule has 17 heavy (non-hydrogen) atoms. The summed E-state index contributed by atoms with van der Waals surface area (Å²) in [6.07, 6.45) is 3.15. The fourth-order valence-electron chi connectivity index (χ4n) is 2.05. The van der Waals surface area contributed by atoms with Gasteiger partial charge in [-0.05, 0) is 13.0 Å². The molecule has 1 N–H and O–H groups in total. The van der Waals surface area contributed by atoms with Gasteiger partial charge in [0.15, 0.2) is 0 Å². The maximum absolute atomic E-state index is 5.57. The van der Waals surface area contributed by atoms with E-state index in [-0.39, 0.29) is 0 Å². The third-order valence-corrected chi connectivity index (χ3v) is 3.76. The molecule has 1 aliphatic rings. The molecule has 0 spiro atoms. The molecule has 0 aromatic carbocycles. The van der Waals surface area contributed by atoms with Crippen molar-refractivity contribution >= 4 is 11.3 Å². The second-order valence-corrected chi connectivity index (χ2v) is 5.34. The normalized spacial score (nSPS) is 21.8. The highest BCUT2D eigenvalue weighted by atomic mass is 32.1. The molecule has 4 nitrogen and oxygen atoms in total. The van der Waals surface area contributed by atoms with Crippen LogP contribution in [0.1, 0.15) is 18.2 Å². The quantitative estimate of drug-likeness (QED) is 0.779. The Morgan fingerprint density at radius 1 is 1.65 bits per heavy atom. The summed E-state index contributed by atoms with van der Waals surface area (Å²) >= 11 is 1.73. The topological polar surface area (TPSA) is 37.4 Å². The zero-order chi connectivity index (χ0) is 11.9. The van der Waals surface area contributed by atoms with Crippen LogP contribution in [-0.2, 0) is 11.3 Å². The van der Waals surface area contributed by atoms with E-state index in [9.17, 15) is 0 Å². The summed E-state index contributed by atoms with van der Waals surface area (Å²) in [5.74, 6) is 0. The maximum atomic E-state index is 5.57. The van der Waals surface area contributed by atoms with Crippen LogP contribution < -0.4 is 5.32 Å². The first kappa shape index (κ1) is 13.0. The lowest BCUT2D eigenvalue weighted by Gasteiger charge is -2.35. The molecule has 1 atom stereocenters. The SMILES string of the molecule is CCCNCC1COCCN1Cc1cncs1. The van der Waals surface area contributed by atoms with Gasteiger partial charge in [-0.3, -0.25) is 9.88 Å². The first-order valence-electron chi connectivity index (χ1n) is 6.30. The summed E-state index contributed by atoms with van der Waals surface area (Å²) in [4.78, 5) is 7.97. The lowest BCUT2D eigenvalue weighted by Crippen LogP contribution is -2.49. The van der Waals surface area contributed by atoms with Crippen LogP contribution in [0.15, 0.2) is 11.7 Å². The molecular weight excluding hydrogens is 234 g/mol. The second-order valence-electron chi connectivity index (χ2n) is 4.37. The molecule has 1 unspecified atom stereocenters. The summed E-state index contributed by atoms with van der Waals surface area (Å²) in [6, 6.07) is 0.498. The molecular formula is C12H21N3OS. The second kappa shape index (κ2) is 7.06. The minimum atomic E-state index is 0.498. The Hall–Kier alpha value is -0.490. The number of nitrogens with zero attached hydrogens (tertiary/aromatic N) is 2. The third kappa shape index (κ3) is 4.03. The van der Waals surface area contributed by atoms with Crippen molar-refractivity contribution in [3.63, 3.8) is 0 Å².